The maximum absolute atomic E-state index is 12.4. The van der Waals surface area contributed by atoms with E-state index in [9.17, 15) is 14.4 Å². The number of aryl methyl sites for hydroxylation is 1. The minimum Gasteiger partial charge on any atom is -0.354 e. The van der Waals surface area contributed by atoms with Gasteiger partial charge in [-0.2, -0.15) is 0 Å². The van der Waals surface area contributed by atoms with Gasteiger partial charge in [-0.25, -0.2) is 0 Å². The lowest BCUT2D eigenvalue weighted by molar-refractivity contribution is -0.125. The van der Waals surface area contributed by atoms with Crippen LogP contribution in [0.5, 0.6) is 0 Å². The third kappa shape index (κ3) is 3.85. The average Bonchev–Trinajstić information content (AvgIpc) is 3.07. The highest BCUT2D eigenvalue weighted by Crippen LogP contribution is 2.20. The molecule has 1 atom stereocenters. The van der Waals surface area contributed by atoms with Crippen LogP contribution in [0.3, 0.4) is 0 Å². The molecule has 0 saturated carbocycles. The minimum atomic E-state index is -0.912. The summed E-state index contributed by atoms with van der Waals surface area (Å²) in [6.45, 7) is 3.12. The number of rotatable bonds is 5. The normalized spacial score (nSPS) is 16.0. The Labute approximate surface area is 168 Å². The second-order valence-corrected chi connectivity index (χ2v) is 7.13. The molecule has 0 saturated heterocycles. The molecular formula is C22H22N4O3. The predicted molar refractivity (Wildman–Crippen MR) is 111 cm³/mol. The number of benzene rings is 2. The molecule has 3 aromatic rings. The Balaban J connectivity index is 1.34. The highest BCUT2D eigenvalue weighted by atomic mass is 16.2. The van der Waals surface area contributed by atoms with Crippen molar-refractivity contribution in [1.29, 1.82) is 0 Å². The van der Waals surface area contributed by atoms with Crippen molar-refractivity contribution in [2.45, 2.75) is 25.9 Å². The van der Waals surface area contributed by atoms with Gasteiger partial charge in [0.1, 0.15) is 6.04 Å². The van der Waals surface area contributed by atoms with E-state index in [0.717, 1.165) is 5.52 Å². The maximum Gasteiger partial charge on any atom is 0.254 e. The monoisotopic (exact) mass is 390 g/mol. The van der Waals surface area contributed by atoms with Crippen LogP contribution in [0, 0.1) is 6.92 Å². The number of carbonyl (C=O) groups is 3. The molecule has 2 heterocycles. The zero-order valence-corrected chi connectivity index (χ0v) is 16.1. The van der Waals surface area contributed by atoms with Gasteiger partial charge in [-0.1, -0.05) is 24.3 Å². The predicted octanol–water partition coefficient (Wildman–Crippen LogP) is 2.21. The summed E-state index contributed by atoms with van der Waals surface area (Å²) in [4.78, 5) is 37.1. The van der Waals surface area contributed by atoms with Crippen LogP contribution in [-0.4, -0.2) is 34.9 Å². The lowest BCUT2D eigenvalue weighted by Gasteiger charge is -2.14. The standard InChI is InChI=1S/C22H22N4O3/c1-14-5-4-8-19-15(14)9-11-26(19)12-10-23-20(27)13-18-22(29)24-17-7-3-2-6-16(17)21(28)25-18/h2-9,11,18H,10,12-13H2,1H3,(H,23,27)(H,24,29)(H,25,28). The van der Waals surface area contributed by atoms with Gasteiger partial charge in [0.2, 0.25) is 11.8 Å². The summed E-state index contributed by atoms with van der Waals surface area (Å²) in [7, 11) is 0. The summed E-state index contributed by atoms with van der Waals surface area (Å²) in [6, 6.07) is 14.1. The van der Waals surface area contributed by atoms with Crippen LogP contribution in [0.25, 0.3) is 10.9 Å². The van der Waals surface area contributed by atoms with E-state index in [4.69, 9.17) is 0 Å². The first-order valence-corrected chi connectivity index (χ1v) is 9.55. The largest absolute Gasteiger partial charge is 0.354 e. The smallest absolute Gasteiger partial charge is 0.254 e. The van der Waals surface area contributed by atoms with Crippen molar-refractivity contribution in [3.8, 4) is 0 Å². The summed E-state index contributed by atoms with van der Waals surface area (Å²) in [5, 5.41) is 9.36. The molecule has 0 spiro atoms. The van der Waals surface area contributed by atoms with E-state index in [2.05, 4.69) is 39.6 Å². The van der Waals surface area contributed by atoms with Crippen LogP contribution in [0.4, 0.5) is 5.69 Å². The number of amides is 3. The van der Waals surface area contributed by atoms with Crippen molar-refractivity contribution < 1.29 is 14.4 Å². The second-order valence-electron chi connectivity index (χ2n) is 7.13. The second kappa shape index (κ2) is 7.79. The van der Waals surface area contributed by atoms with E-state index in [0.29, 0.717) is 24.3 Å². The molecule has 3 amide bonds. The molecule has 148 valence electrons. The number of aromatic nitrogens is 1. The molecule has 2 aromatic carbocycles. The van der Waals surface area contributed by atoms with E-state index in [1.807, 2.05) is 18.3 Å². The number of para-hydroxylation sites is 1. The van der Waals surface area contributed by atoms with Gasteiger partial charge in [-0.15, -0.1) is 0 Å². The molecule has 0 bridgehead atoms. The molecule has 1 unspecified atom stereocenters. The Bertz CT molecular complexity index is 1100. The van der Waals surface area contributed by atoms with Crippen LogP contribution in [0.2, 0.25) is 0 Å². The van der Waals surface area contributed by atoms with Gasteiger partial charge in [0.05, 0.1) is 17.7 Å². The quantitative estimate of drug-likeness (QED) is 0.624. The van der Waals surface area contributed by atoms with Gasteiger partial charge < -0.3 is 20.5 Å². The topological polar surface area (TPSA) is 92.2 Å². The molecule has 1 aromatic heterocycles. The number of nitrogens with one attached hydrogen (secondary N) is 3. The zero-order valence-electron chi connectivity index (χ0n) is 16.1. The van der Waals surface area contributed by atoms with Crippen LogP contribution < -0.4 is 16.0 Å². The van der Waals surface area contributed by atoms with Gasteiger partial charge in [0, 0.05) is 30.2 Å². The van der Waals surface area contributed by atoms with Crippen molar-refractivity contribution in [1.82, 2.24) is 15.2 Å². The average molecular weight is 390 g/mol. The highest BCUT2D eigenvalue weighted by molar-refractivity contribution is 6.10. The molecule has 1 aliphatic heterocycles. The molecule has 7 heteroatoms. The zero-order chi connectivity index (χ0) is 20.4. The molecular weight excluding hydrogens is 368 g/mol. The van der Waals surface area contributed by atoms with Crippen molar-refractivity contribution in [2.75, 3.05) is 11.9 Å². The van der Waals surface area contributed by atoms with Crippen molar-refractivity contribution in [2.24, 2.45) is 0 Å². The summed E-state index contributed by atoms with van der Waals surface area (Å²) in [5.41, 5.74) is 3.17. The molecule has 0 fully saturated rings. The van der Waals surface area contributed by atoms with Crippen molar-refractivity contribution in [3.63, 3.8) is 0 Å². The molecule has 3 N–H and O–H groups in total. The molecule has 29 heavy (non-hydrogen) atoms. The first-order valence-electron chi connectivity index (χ1n) is 9.55. The molecule has 0 radical (unpaired) electrons. The van der Waals surface area contributed by atoms with Gasteiger partial charge >= 0.3 is 0 Å². The Morgan fingerprint density at radius 2 is 1.93 bits per heavy atom. The third-order valence-electron chi connectivity index (χ3n) is 5.15. The fourth-order valence-electron chi connectivity index (χ4n) is 3.60. The van der Waals surface area contributed by atoms with Gasteiger partial charge in [-0.05, 0) is 36.8 Å². The molecule has 4 rings (SSSR count). The number of carbonyl (C=O) groups excluding carboxylic acids is 3. The Morgan fingerprint density at radius 1 is 1.10 bits per heavy atom. The number of fused-ring (bicyclic) bond motifs is 2. The SMILES string of the molecule is Cc1cccc2c1ccn2CCNC(=O)CC1NC(=O)c2ccccc2NC1=O. The van der Waals surface area contributed by atoms with Gasteiger partial charge in [0.25, 0.3) is 5.91 Å². The summed E-state index contributed by atoms with van der Waals surface area (Å²) < 4.78 is 2.08. The first-order chi connectivity index (χ1) is 14.0. The summed E-state index contributed by atoms with van der Waals surface area (Å²) in [5.74, 6) is -1.06. The van der Waals surface area contributed by atoms with Gasteiger partial charge in [0.15, 0.2) is 0 Å². The van der Waals surface area contributed by atoms with Crippen LogP contribution in [-0.2, 0) is 16.1 Å². The number of hydrogen-bond donors (Lipinski definition) is 3. The third-order valence-corrected chi connectivity index (χ3v) is 5.15. The Hall–Kier alpha value is -3.61. The molecule has 0 aliphatic carbocycles. The van der Waals surface area contributed by atoms with Crippen LogP contribution in [0.1, 0.15) is 22.3 Å². The van der Waals surface area contributed by atoms with Crippen LogP contribution >= 0.6 is 0 Å². The first kappa shape index (κ1) is 18.7. The highest BCUT2D eigenvalue weighted by Gasteiger charge is 2.29. The Kier molecular flexibility index (Phi) is 5.03. The summed E-state index contributed by atoms with van der Waals surface area (Å²) >= 11 is 0. The lowest BCUT2D eigenvalue weighted by Crippen LogP contribution is -2.44. The number of anilines is 1. The number of hydrogen-bond acceptors (Lipinski definition) is 3. The van der Waals surface area contributed by atoms with E-state index >= 15 is 0 Å². The molecule has 1 aliphatic rings. The van der Waals surface area contributed by atoms with Crippen molar-refractivity contribution >= 4 is 34.3 Å². The maximum atomic E-state index is 12.4. The lowest BCUT2D eigenvalue weighted by atomic mass is 10.1. The van der Waals surface area contributed by atoms with E-state index in [1.54, 1.807) is 24.3 Å². The van der Waals surface area contributed by atoms with E-state index in [1.165, 1.54) is 10.9 Å². The van der Waals surface area contributed by atoms with Crippen molar-refractivity contribution in [3.05, 3.63) is 65.9 Å². The fourth-order valence-corrected chi connectivity index (χ4v) is 3.60. The molecule has 7 nitrogen and oxygen atoms in total. The fraction of sp³-hybridized carbons (Fsp3) is 0.227. The van der Waals surface area contributed by atoms with E-state index < -0.39 is 11.9 Å². The summed E-state index contributed by atoms with van der Waals surface area (Å²) in [6.07, 6.45) is 1.89. The minimum absolute atomic E-state index is 0.114. The Morgan fingerprint density at radius 3 is 2.79 bits per heavy atom. The number of nitrogens with zero attached hydrogens (tertiary/aromatic N) is 1. The van der Waals surface area contributed by atoms with E-state index in [-0.39, 0.29) is 18.2 Å². The van der Waals surface area contributed by atoms with Gasteiger partial charge in [-0.3, -0.25) is 14.4 Å². The van der Waals surface area contributed by atoms with Crippen LogP contribution in [0.15, 0.2) is 54.7 Å².